The number of aromatic nitrogens is 1. The van der Waals surface area contributed by atoms with Crippen LogP contribution in [0.1, 0.15) is 10.4 Å². The van der Waals surface area contributed by atoms with Gasteiger partial charge in [0.1, 0.15) is 11.6 Å². The average molecular weight is 323 g/mol. The number of carboxylic acids is 1. The summed E-state index contributed by atoms with van der Waals surface area (Å²) >= 11 is 3.29. The molecule has 0 bridgehead atoms. The highest BCUT2D eigenvalue weighted by molar-refractivity contribution is 9.10. The molecular weight excluding hydrogens is 312 g/mol. The van der Waals surface area contributed by atoms with Gasteiger partial charge in [0.15, 0.2) is 0 Å². The predicted octanol–water partition coefficient (Wildman–Crippen LogP) is 3.29. The molecule has 1 heterocycles. The van der Waals surface area contributed by atoms with Gasteiger partial charge in [0.25, 0.3) is 0 Å². The Labute approximate surface area is 118 Å². The standard InChI is InChI=1S/C13H11BrN2O3/c1-19-11-5-3-2-4-10(11)16-12-9(14)6-8(7-15-12)13(17)18/h2-7H,1H3,(H,15,16)(H,17,18). The van der Waals surface area contributed by atoms with Crippen molar-refractivity contribution in [3.8, 4) is 5.75 Å². The fraction of sp³-hybridized carbons (Fsp3) is 0.0769. The maximum Gasteiger partial charge on any atom is 0.337 e. The molecular formula is C13H11BrN2O3. The first kappa shape index (κ1) is 13.4. The fourth-order valence-electron chi connectivity index (χ4n) is 1.52. The Morgan fingerprint density at radius 1 is 1.42 bits per heavy atom. The number of anilines is 2. The first-order valence-corrected chi connectivity index (χ1v) is 6.20. The summed E-state index contributed by atoms with van der Waals surface area (Å²) in [5.41, 5.74) is 0.874. The number of hydrogen-bond donors (Lipinski definition) is 2. The lowest BCUT2D eigenvalue weighted by Gasteiger charge is -2.11. The number of rotatable bonds is 4. The van der Waals surface area contributed by atoms with E-state index in [2.05, 4.69) is 26.2 Å². The summed E-state index contributed by atoms with van der Waals surface area (Å²) in [5.74, 6) is 0.185. The first-order chi connectivity index (χ1) is 9.11. The summed E-state index contributed by atoms with van der Waals surface area (Å²) in [4.78, 5) is 14.9. The molecule has 19 heavy (non-hydrogen) atoms. The van der Waals surface area contributed by atoms with Gasteiger partial charge in [0.05, 0.1) is 22.8 Å². The summed E-state index contributed by atoms with van der Waals surface area (Å²) in [6, 6.07) is 8.89. The predicted molar refractivity (Wildman–Crippen MR) is 75.2 cm³/mol. The van der Waals surface area contributed by atoms with Crippen LogP contribution in [0.15, 0.2) is 41.0 Å². The number of carboxylic acid groups (broad SMARTS) is 1. The number of nitrogens with one attached hydrogen (secondary N) is 1. The molecule has 0 spiro atoms. The van der Waals surface area contributed by atoms with Crippen LogP contribution in [0.3, 0.4) is 0 Å². The van der Waals surface area contributed by atoms with Crippen molar-refractivity contribution in [3.05, 3.63) is 46.6 Å². The molecule has 0 aliphatic rings. The minimum atomic E-state index is -1.02. The average Bonchev–Trinajstić information content (AvgIpc) is 2.41. The molecule has 0 fully saturated rings. The van der Waals surface area contributed by atoms with Crippen LogP contribution in [0.2, 0.25) is 0 Å². The van der Waals surface area contributed by atoms with Gasteiger partial charge in [-0.2, -0.15) is 0 Å². The number of methoxy groups -OCH3 is 1. The Balaban J connectivity index is 2.31. The minimum Gasteiger partial charge on any atom is -0.495 e. The third-order valence-corrected chi connectivity index (χ3v) is 3.05. The summed E-state index contributed by atoms with van der Waals surface area (Å²) in [5, 5.41) is 12.0. The van der Waals surface area contributed by atoms with Crippen LogP contribution >= 0.6 is 15.9 Å². The van der Waals surface area contributed by atoms with Crippen LogP contribution in [0.5, 0.6) is 5.75 Å². The molecule has 0 amide bonds. The largest absolute Gasteiger partial charge is 0.495 e. The van der Waals surface area contributed by atoms with E-state index >= 15 is 0 Å². The number of halogens is 1. The minimum absolute atomic E-state index is 0.123. The molecule has 0 aliphatic carbocycles. The molecule has 2 aromatic rings. The number of carbonyl (C=O) groups is 1. The molecule has 0 unspecified atom stereocenters. The molecule has 0 atom stereocenters. The Morgan fingerprint density at radius 3 is 2.79 bits per heavy atom. The summed E-state index contributed by atoms with van der Waals surface area (Å²) < 4.78 is 5.79. The van der Waals surface area contributed by atoms with Crippen molar-refractivity contribution in [2.24, 2.45) is 0 Å². The third kappa shape index (κ3) is 3.03. The van der Waals surface area contributed by atoms with E-state index in [9.17, 15) is 4.79 Å². The molecule has 98 valence electrons. The van der Waals surface area contributed by atoms with E-state index in [-0.39, 0.29) is 5.56 Å². The Bertz CT molecular complexity index is 617. The van der Waals surface area contributed by atoms with Crippen LogP contribution in [0, 0.1) is 0 Å². The lowest BCUT2D eigenvalue weighted by molar-refractivity contribution is 0.0696. The molecule has 0 aliphatic heterocycles. The number of para-hydroxylation sites is 2. The lowest BCUT2D eigenvalue weighted by Crippen LogP contribution is -2.01. The molecule has 6 heteroatoms. The molecule has 1 aromatic heterocycles. The topological polar surface area (TPSA) is 71.5 Å². The monoisotopic (exact) mass is 322 g/mol. The second-order valence-corrected chi connectivity index (χ2v) is 4.54. The lowest BCUT2D eigenvalue weighted by atomic mass is 10.2. The zero-order chi connectivity index (χ0) is 13.8. The number of pyridine rings is 1. The van der Waals surface area contributed by atoms with Crippen LogP contribution in [-0.4, -0.2) is 23.2 Å². The van der Waals surface area contributed by atoms with E-state index in [1.165, 1.54) is 12.3 Å². The zero-order valence-electron chi connectivity index (χ0n) is 10.1. The molecule has 0 saturated heterocycles. The number of aromatic carboxylic acids is 1. The van der Waals surface area contributed by atoms with Gasteiger partial charge in [-0.3, -0.25) is 0 Å². The number of ether oxygens (including phenoxy) is 1. The maximum atomic E-state index is 10.8. The van der Waals surface area contributed by atoms with E-state index < -0.39 is 5.97 Å². The van der Waals surface area contributed by atoms with E-state index in [4.69, 9.17) is 9.84 Å². The smallest absolute Gasteiger partial charge is 0.337 e. The van der Waals surface area contributed by atoms with Crippen molar-refractivity contribution in [1.82, 2.24) is 4.98 Å². The molecule has 5 nitrogen and oxygen atoms in total. The SMILES string of the molecule is COc1ccccc1Nc1ncc(C(=O)O)cc1Br. The van der Waals surface area contributed by atoms with E-state index in [1.807, 2.05) is 24.3 Å². The highest BCUT2D eigenvalue weighted by atomic mass is 79.9. The Hall–Kier alpha value is -2.08. The van der Waals surface area contributed by atoms with Gasteiger partial charge >= 0.3 is 5.97 Å². The third-order valence-electron chi connectivity index (χ3n) is 2.45. The molecule has 2 rings (SSSR count). The van der Waals surface area contributed by atoms with Crippen molar-refractivity contribution in [2.45, 2.75) is 0 Å². The first-order valence-electron chi connectivity index (χ1n) is 5.40. The number of hydrogen-bond acceptors (Lipinski definition) is 4. The Morgan fingerprint density at radius 2 is 2.16 bits per heavy atom. The van der Waals surface area contributed by atoms with Gasteiger partial charge in [0, 0.05) is 6.20 Å². The normalized spacial score (nSPS) is 10.0. The van der Waals surface area contributed by atoms with E-state index in [0.717, 1.165) is 5.69 Å². The second kappa shape index (κ2) is 5.71. The van der Waals surface area contributed by atoms with Crippen LogP contribution in [0.25, 0.3) is 0 Å². The van der Waals surface area contributed by atoms with E-state index in [1.54, 1.807) is 7.11 Å². The number of benzene rings is 1. The molecule has 2 N–H and O–H groups in total. The van der Waals surface area contributed by atoms with Crippen molar-refractivity contribution < 1.29 is 14.6 Å². The summed E-state index contributed by atoms with van der Waals surface area (Å²) in [7, 11) is 1.58. The zero-order valence-corrected chi connectivity index (χ0v) is 11.6. The number of nitrogens with zero attached hydrogens (tertiary/aromatic N) is 1. The van der Waals surface area contributed by atoms with Gasteiger partial charge in [-0.1, -0.05) is 12.1 Å². The highest BCUT2D eigenvalue weighted by Gasteiger charge is 2.10. The second-order valence-electron chi connectivity index (χ2n) is 3.68. The highest BCUT2D eigenvalue weighted by Crippen LogP contribution is 2.29. The van der Waals surface area contributed by atoms with Crippen molar-refractivity contribution in [1.29, 1.82) is 0 Å². The van der Waals surface area contributed by atoms with E-state index in [0.29, 0.717) is 16.0 Å². The fourth-order valence-corrected chi connectivity index (χ4v) is 1.97. The molecule has 1 aromatic carbocycles. The van der Waals surface area contributed by atoms with Gasteiger partial charge in [-0.05, 0) is 34.1 Å². The van der Waals surface area contributed by atoms with Crippen LogP contribution < -0.4 is 10.1 Å². The summed E-state index contributed by atoms with van der Waals surface area (Å²) in [6.45, 7) is 0. The van der Waals surface area contributed by atoms with Gasteiger partial charge in [-0.25, -0.2) is 9.78 Å². The Kier molecular flexibility index (Phi) is 4.01. The van der Waals surface area contributed by atoms with Gasteiger partial charge in [-0.15, -0.1) is 0 Å². The van der Waals surface area contributed by atoms with Crippen LogP contribution in [0.4, 0.5) is 11.5 Å². The quantitative estimate of drug-likeness (QED) is 0.903. The van der Waals surface area contributed by atoms with Crippen LogP contribution in [-0.2, 0) is 0 Å². The molecule has 0 radical (unpaired) electrons. The van der Waals surface area contributed by atoms with Crippen molar-refractivity contribution >= 4 is 33.4 Å². The van der Waals surface area contributed by atoms with Gasteiger partial charge < -0.3 is 15.2 Å². The maximum absolute atomic E-state index is 10.8. The molecule has 0 saturated carbocycles. The van der Waals surface area contributed by atoms with Crippen molar-refractivity contribution in [2.75, 3.05) is 12.4 Å². The summed E-state index contributed by atoms with van der Waals surface area (Å²) in [6.07, 6.45) is 1.30. The van der Waals surface area contributed by atoms with Crippen molar-refractivity contribution in [3.63, 3.8) is 0 Å². The van der Waals surface area contributed by atoms with Gasteiger partial charge in [0.2, 0.25) is 0 Å².